The highest BCUT2D eigenvalue weighted by Crippen LogP contribution is 2.27. The zero-order chi connectivity index (χ0) is 18.2. The summed E-state index contributed by atoms with van der Waals surface area (Å²) in [6.45, 7) is 3.99. The number of aromatic nitrogens is 1. The molecule has 24 heavy (non-hydrogen) atoms. The molecule has 1 fully saturated rings. The quantitative estimate of drug-likeness (QED) is 0.914. The molecule has 0 saturated carbocycles. The molecule has 1 aromatic heterocycles. The van der Waals surface area contributed by atoms with Crippen LogP contribution in [0, 0.1) is 19.8 Å². The second-order valence-electron chi connectivity index (χ2n) is 6.47. The lowest BCUT2D eigenvalue weighted by atomic mass is 9.92. The molecule has 0 aliphatic carbocycles. The van der Waals surface area contributed by atoms with E-state index in [0.717, 1.165) is 4.57 Å². The van der Waals surface area contributed by atoms with Crippen molar-refractivity contribution in [2.45, 2.75) is 52.4 Å². The molecule has 1 aromatic rings. The van der Waals surface area contributed by atoms with E-state index in [4.69, 9.17) is 5.73 Å². The van der Waals surface area contributed by atoms with E-state index in [1.807, 2.05) is 6.92 Å². The van der Waals surface area contributed by atoms with Crippen molar-refractivity contribution in [1.29, 1.82) is 0 Å². The van der Waals surface area contributed by atoms with E-state index in [-0.39, 0.29) is 29.8 Å². The van der Waals surface area contributed by atoms with Gasteiger partial charge in [-0.3, -0.25) is 9.59 Å². The number of amides is 2. The second-order valence-corrected chi connectivity index (χ2v) is 6.47. The number of alkyl halides is 3. The van der Waals surface area contributed by atoms with Crippen molar-refractivity contribution in [3.05, 3.63) is 23.0 Å². The van der Waals surface area contributed by atoms with E-state index >= 15 is 0 Å². The molecule has 2 unspecified atom stereocenters. The van der Waals surface area contributed by atoms with Crippen LogP contribution >= 0.6 is 0 Å². The molecule has 2 rings (SSSR count). The Balaban J connectivity index is 2.29. The van der Waals surface area contributed by atoms with Crippen LogP contribution in [0.2, 0.25) is 0 Å². The predicted molar refractivity (Wildman–Crippen MR) is 82.4 cm³/mol. The maximum absolute atomic E-state index is 12.8. The summed E-state index contributed by atoms with van der Waals surface area (Å²) in [7, 11) is 0. The summed E-state index contributed by atoms with van der Waals surface area (Å²) in [5.41, 5.74) is 6.24. The van der Waals surface area contributed by atoms with Gasteiger partial charge in [-0.25, -0.2) is 0 Å². The number of aryl methyl sites for hydroxylation is 1. The zero-order valence-corrected chi connectivity index (χ0v) is 14.0. The fraction of sp³-hybridized carbons (Fsp3) is 0.625. The summed E-state index contributed by atoms with van der Waals surface area (Å²) >= 11 is 0. The second kappa shape index (κ2) is 6.49. The maximum Gasteiger partial charge on any atom is 0.406 e. The van der Waals surface area contributed by atoms with Gasteiger partial charge < -0.3 is 15.2 Å². The molecule has 0 radical (unpaired) electrons. The van der Waals surface area contributed by atoms with Crippen LogP contribution in [0.1, 0.15) is 41.5 Å². The molecule has 2 N–H and O–H groups in total. The smallest absolute Gasteiger partial charge is 0.369 e. The summed E-state index contributed by atoms with van der Waals surface area (Å²) in [6, 6.07) is 1.39. The Morgan fingerprint density at radius 2 is 1.92 bits per heavy atom. The number of likely N-dealkylation sites (tertiary alicyclic amines) is 1. The number of carbonyl (C=O) groups is 2. The Morgan fingerprint density at radius 1 is 1.29 bits per heavy atom. The highest BCUT2D eigenvalue weighted by molar-refractivity contribution is 5.96. The van der Waals surface area contributed by atoms with Crippen LogP contribution in [0.5, 0.6) is 0 Å². The third-order valence-corrected chi connectivity index (χ3v) is 4.69. The molecule has 2 heterocycles. The Kier molecular flexibility index (Phi) is 4.96. The number of nitrogens with zero attached hydrogens (tertiary/aromatic N) is 2. The molecule has 1 saturated heterocycles. The average molecular weight is 345 g/mol. The van der Waals surface area contributed by atoms with E-state index in [2.05, 4.69) is 0 Å². The van der Waals surface area contributed by atoms with Crippen LogP contribution in [-0.2, 0) is 11.3 Å². The van der Waals surface area contributed by atoms with Crippen LogP contribution in [0.15, 0.2) is 6.07 Å². The molecule has 5 nitrogen and oxygen atoms in total. The molecule has 0 bridgehead atoms. The number of halogens is 3. The van der Waals surface area contributed by atoms with Crippen molar-refractivity contribution in [2.24, 2.45) is 11.7 Å². The van der Waals surface area contributed by atoms with Crippen LogP contribution in [0.25, 0.3) is 0 Å². The molecule has 134 valence electrons. The van der Waals surface area contributed by atoms with Gasteiger partial charge in [0.2, 0.25) is 5.91 Å². The Hall–Kier alpha value is -1.99. The van der Waals surface area contributed by atoms with E-state index in [9.17, 15) is 22.8 Å². The standard InChI is InChI=1S/C16H22F3N3O2/c1-9-4-5-12(14(20)23)7-21(9)15(24)13-6-10(2)22(11(13)3)8-16(17,18)19/h6,9,12H,4-5,7-8H2,1-3H3,(H2,20,23). The van der Waals surface area contributed by atoms with E-state index in [1.54, 1.807) is 11.8 Å². The van der Waals surface area contributed by atoms with E-state index < -0.39 is 24.5 Å². The van der Waals surface area contributed by atoms with E-state index in [0.29, 0.717) is 18.5 Å². The van der Waals surface area contributed by atoms with Gasteiger partial charge in [0.05, 0.1) is 11.5 Å². The minimum absolute atomic E-state index is 0.0845. The van der Waals surface area contributed by atoms with Gasteiger partial charge in [0.15, 0.2) is 0 Å². The van der Waals surface area contributed by atoms with Crippen LogP contribution < -0.4 is 5.73 Å². The van der Waals surface area contributed by atoms with Gasteiger partial charge in [-0.05, 0) is 39.7 Å². The van der Waals surface area contributed by atoms with Crippen molar-refractivity contribution in [1.82, 2.24) is 9.47 Å². The van der Waals surface area contributed by atoms with Crippen molar-refractivity contribution in [3.63, 3.8) is 0 Å². The molecule has 8 heteroatoms. The minimum atomic E-state index is -4.36. The molecule has 2 atom stereocenters. The number of piperidine rings is 1. The number of primary amides is 1. The zero-order valence-electron chi connectivity index (χ0n) is 14.0. The molecule has 1 aliphatic heterocycles. The summed E-state index contributed by atoms with van der Waals surface area (Å²) in [4.78, 5) is 25.8. The molecular formula is C16H22F3N3O2. The van der Waals surface area contributed by atoms with Gasteiger partial charge in [-0.15, -0.1) is 0 Å². The first kappa shape index (κ1) is 18.4. The SMILES string of the molecule is Cc1cc(C(=O)N2CC(C(N)=O)CCC2C)c(C)n1CC(F)(F)F. The monoisotopic (exact) mass is 345 g/mol. The van der Waals surface area contributed by atoms with Gasteiger partial charge in [0.1, 0.15) is 6.54 Å². The first-order valence-electron chi connectivity index (χ1n) is 7.85. The van der Waals surface area contributed by atoms with Gasteiger partial charge in [-0.2, -0.15) is 13.2 Å². The predicted octanol–water partition coefficient (Wildman–Crippen LogP) is 2.39. The first-order chi connectivity index (χ1) is 11.0. The summed E-state index contributed by atoms with van der Waals surface area (Å²) in [5.74, 6) is -1.22. The summed E-state index contributed by atoms with van der Waals surface area (Å²) < 4.78 is 39.2. The largest absolute Gasteiger partial charge is 0.406 e. The normalized spacial score (nSPS) is 21.8. The number of rotatable bonds is 3. The number of hydrogen-bond acceptors (Lipinski definition) is 2. The van der Waals surface area contributed by atoms with Gasteiger partial charge in [0.25, 0.3) is 5.91 Å². The Bertz CT molecular complexity index is 652. The Labute approximate surface area is 138 Å². The van der Waals surface area contributed by atoms with Crippen molar-refractivity contribution in [3.8, 4) is 0 Å². The van der Waals surface area contributed by atoms with Crippen LogP contribution in [-0.4, -0.2) is 40.0 Å². The highest BCUT2D eigenvalue weighted by atomic mass is 19.4. The summed E-state index contributed by atoms with van der Waals surface area (Å²) in [5, 5.41) is 0. The molecule has 0 aromatic carbocycles. The molecule has 2 amide bonds. The van der Waals surface area contributed by atoms with Gasteiger partial charge >= 0.3 is 6.18 Å². The average Bonchev–Trinajstić information content (AvgIpc) is 2.73. The molecule has 1 aliphatic rings. The maximum atomic E-state index is 12.8. The highest BCUT2D eigenvalue weighted by Gasteiger charge is 2.35. The lowest BCUT2D eigenvalue weighted by Crippen LogP contribution is -2.48. The van der Waals surface area contributed by atoms with Crippen molar-refractivity contribution < 1.29 is 22.8 Å². The van der Waals surface area contributed by atoms with Gasteiger partial charge in [0, 0.05) is 24.0 Å². The topological polar surface area (TPSA) is 68.3 Å². The minimum Gasteiger partial charge on any atom is -0.369 e. The van der Waals surface area contributed by atoms with Crippen molar-refractivity contribution >= 4 is 11.8 Å². The fourth-order valence-corrected chi connectivity index (χ4v) is 3.22. The first-order valence-corrected chi connectivity index (χ1v) is 7.85. The van der Waals surface area contributed by atoms with Crippen LogP contribution in [0.3, 0.4) is 0 Å². The molecule has 0 spiro atoms. The van der Waals surface area contributed by atoms with Gasteiger partial charge in [-0.1, -0.05) is 0 Å². The summed E-state index contributed by atoms with van der Waals surface area (Å²) in [6.07, 6.45) is -3.10. The lowest BCUT2D eigenvalue weighted by Gasteiger charge is -2.37. The van der Waals surface area contributed by atoms with Crippen molar-refractivity contribution in [2.75, 3.05) is 6.54 Å². The lowest BCUT2D eigenvalue weighted by molar-refractivity contribution is -0.141. The fourth-order valence-electron chi connectivity index (χ4n) is 3.22. The van der Waals surface area contributed by atoms with E-state index in [1.165, 1.54) is 13.0 Å². The Morgan fingerprint density at radius 3 is 2.46 bits per heavy atom. The molecular weight excluding hydrogens is 323 g/mol. The third-order valence-electron chi connectivity index (χ3n) is 4.69. The number of hydrogen-bond donors (Lipinski definition) is 1. The number of nitrogens with two attached hydrogens (primary N) is 1. The van der Waals surface area contributed by atoms with Crippen LogP contribution in [0.4, 0.5) is 13.2 Å². The third kappa shape index (κ3) is 3.73. The number of carbonyl (C=O) groups excluding carboxylic acids is 2.